The highest BCUT2D eigenvalue weighted by Crippen LogP contribution is 2.30. The third-order valence-electron chi connectivity index (χ3n) is 2.89. The fourth-order valence-corrected chi connectivity index (χ4v) is 1.96. The highest BCUT2D eigenvalue weighted by Gasteiger charge is 2.11. The molecule has 5 nitrogen and oxygen atoms in total. The van der Waals surface area contributed by atoms with Crippen molar-refractivity contribution in [1.82, 2.24) is 0 Å². The molecule has 0 radical (unpaired) electrons. The molecule has 0 amide bonds. The van der Waals surface area contributed by atoms with Crippen molar-refractivity contribution in [3.8, 4) is 11.5 Å². The van der Waals surface area contributed by atoms with Gasteiger partial charge in [0.2, 0.25) is 0 Å². The lowest BCUT2D eigenvalue weighted by Gasteiger charge is -2.15. The molecule has 0 aliphatic heterocycles. The van der Waals surface area contributed by atoms with E-state index in [1.807, 2.05) is 43.3 Å². The molecule has 2 aromatic rings. The van der Waals surface area contributed by atoms with Crippen LogP contribution >= 0.6 is 11.6 Å². The SMILES string of the molecule is CN(C)c1cccc(Oc2cc(Cl)ccc2C(N)=NO)c1. The first-order chi connectivity index (χ1) is 10.0. The van der Waals surface area contributed by atoms with Crippen molar-refractivity contribution in [1.29, 1.82) is 0 Å². The summed E-state index contributed by atoms with van der Waals surface area (Å²) in [4.78, 5) is 1.97. The zero-order valence-electron chi connectivity index (χ0n) is 11.7. The standard InChI is InChI=1S/C15H16ClN3O2/c1-19(2)11-4-3-5-12(9-11)21-14-8-10(16)6-7-13(14)15(17)18-20/h3-9,20H,1-2H3,(H2,17,18). The molecule has 6 heteroatoms. The van der Waals surface area contributed by atoms with E-state index in [4.69, 9.17) is 27.3 Å². The van der Waals surface area contributed by atoms with Gasteiger partial charge in [0.25, 0.3) is 0 Å². The normalized spacial score (nSPS) is 11.3. The van der Waals surface area contributed by atoms with Gasteiger partial charge in [-0.25, -0.2) is 0 Å². The first kappa shape index (κ1) is 15.0. The summed E-state index contributed by atoms with van der Waals surface area (Å²) < 4.78 is 5.82. The quantitative estimate of drug-likeness (QED) is 0.393. The molecule has 0 aromatic heterocycles. The molecule has 21 heavy (non-hydrogen) atoms. The second-order valence-electron chi connectivity index (χ2n) is 4.62. The van der Waals surface area contributed by atoms with E-state index in [1.54, 1.807) is 18.2 Å². The maximum absolute atomic E-state index is 8.83. The first-order valence-electron chi connectivity index (χ1n) is 6.24. The van der Waals surface area contributed by atoms with E-state index < -0.39 is 0 Å². The number of hydrogen-bond donors (Lipinski definition) is 2. The summed E-state index contributed by atoms with van der Waals surface area (Å²) >= 11 is 5.98. The molecule has 0 saturated heterocycles. The Kier molecular flexibility index (Phi) is 4.55. The van der Waals surface area contributed by atoms with Crippen molar-refractivity contribution in [2.75, 3.05) is 19.0 Å². The minimum absolute atomic E-state index is 0.0366. The van der Waals surface area contributed by atoms with Gasteiger partial charge in [0.05, 0.1) is 5.56 Å². The van der Waals surface area contributed by atoms with Crippen molar-refractivity contribution < 1.29 is 9.94 Å². The van der Waals surface area contributed by atoms with Crippen molar-refractivity contribution in [2.45, 2.75) is 0 Å². The molecule has 0 atom stereocenters. The van der Waals surface area contributed by atoms with Crippen molar-refractivity contribution in [2.24, 2.45) is 10.9 Å². The van der Waals surface area contributed by atoms with Gasteiger partial charge in [-0.1, -0.05) is 22.8 Å². The number of anilines is 1. The zero-order chi connectivity index (χ0) is 15.4. The van der Waals surface area contributed by atoms with Crippen molar-refractivity contribution in [3.63, 3.8) is 0 Å². The van der Waals surface area contributed by atoms with Crippen LogP contribution in [0.1, 0.15) is 5.56 Å². The lowest BCUT2D eigenvalue weighted by atomic mass is 10.2. The minimum atomic E-state index is -0.0366. The lowest BCUT2D eigenvalue weighted by Crippen LogP contribution is -2.14. The van der Waals surface area contributed by atoms with E-state index in [0.29, 0.717) is 22.1 Å². The molecule has 0 aliphatic carbocycles. The van der Waals surface area contributed by atoms with Crippen LogP contribution in [0.3, 0.4) is 0 Å². The van der Waals surface area contributed by atoms with Gasteiger partial charge in [-0.15, -0.1) is 0 Å². The smallest absolute Gasteiger partial charge is 0.173 e. The Morgan fingerprint density at radius 2 is 2.00 bits per heavy atom. The number of hydrogen-bond acceptors (Lipinski definition) is 4. The van der Waals surface area contributed by atoms with Gasteiger partial charge in [-0.2, -0.15) is 0 Å². The van der Waals surface area contributed by atoms with Gasteiger partial charge in [-0.3, -0.25) is 0 Å². The molecule has 2 aromatic carbocycles. The number of oxime groups is 1. The zero-order valence-corrected chi connectivity index (χ0v) is 12.5. The second-order valence-corrected chi connectivity index (χ2v) is 5.06. The average Bonchev–Trinajstić information content (AvgIpc) is 2.47. The molecule has 0 aliphatic rings. The van der Waals surface area contributed by atoms with Crippen LogP contribution in [0.15, 0.2) is 47.6 Å². The van der Waals surface area contributed by atoms with Crippen LogP contribution < -0.4 is 15.4 Å². The van der Waals surface area contributed by atoms with Crippen LogP contribution in [-0.4, -0.2) is 25.1 Å². The molecule has 3 N–H and O–H groups in total. The maximum atomic E-state index is 8.83. The number of halogens is 1. The molecule has 0 saturated carbocycles. The number of benzene rings is 2. The van der Waals surface area contributed by atoms with Crippen LogP contribution in [0, 0.1) is 0 Å². The Balaban J connectivity index is 2.39. The Morgan fingerprint density at radius 3 is 2.67 bits per heavy atom. The van der Waals surface area contributed by atoms with E-state index >= 15 is 0 Å². The van der Waals surface area contributed by atoms with E-state index in [1.165, 1.54) is 0 Å². The summed E-state index contributed by atoms with van der Waals surface area (Å²) in [6.45, 7) is 0. The summed E-state index contributed by atoms with van der Waals surface area (Å²) in [7, 11) is 3.89. The maximum Gasteiger partial charge on any atom is 0.173 e. The highest BCUT2D eigenvalue weighted by atomic mass is 35.5. The monoisotopic (exact) mass is 305 g/mol. The number of nitrogens with zero attached hydrogens (tertiary/aromatic N) is 2. The van der Waals surface area contributed by atoms with Gasteiger partial charge < -0.3 is 20.6 Å². The number of nitrogens with two attached hydrogens (primary N) is 1. The number of amidine groups is 1. The molecule has 0 fully saturated rings. The molecule has 2 rings (SSSR count). The molecule has 0 spiro atoms. The third kappa shape index (κ3) is 3.58. The fraction of sp³-hybridized carbons (Fsp3) is 0.133. The molecular weight excluding hydrogens is 290 g/mol. The minimum Gasteiger partial charge on any atom is -0.456 e. The Hall–Kier alpha value is -2.40. The molecule has 0 bridgehead atoms. The van der Waals surface area contributed by atoms with E-state index in [-0.39, 0.29) is 5.84 Å². The Labute approximate surface area is 128 Å². The van der Waals surface area contributed by atoms with Crippen molar-refractivity contribution in [3.05, 3.63) is 53.1 Å². The summed E-state index contributed by atoms with van der Waals surface area (Å²) in [5.41, 5.74) is 7.12. The van der Waals surface area contributed by atoms with E-state index in [9.17, 15) is 0 Å². The second kappa shape index (κ2) is 6.37. The van der Waals surface area contributed by atoms with Gasteiger partial charge in [-0.05, 0) is 24.3 Å². The van der Waals surface area contributed by atoms with Crippen LogP contribution in [0.5, 0.6) is 11.5 Å². The molecule has 0 heterocycles. The predicted molar refractivity (Wildman–Crippen MR) is 84.8 cm³/mol. The summed E-state index contributed by atoms with van der Waals surface area (Å²) in [5, 5.41) is 12.3. The van der Waals surface area contributed by atoms with Gasteiger partial charge in [0, 0.05) is 36.9 Å². The van der Waals surface area contributed by atoms with Gasteiger partial charge >= 0.3 is 0 Å². The van der Waals surface area contributed by atoms with Crippen molar-refractivity contribution >= 4 is 23.1 Å². The summed E-state index contributed by atoms with van der Waals surface area (Å²) in [5.74, 6) is 1.02. The summed E-state index contributed by atoms with van der Waals surface area (Å²) in [6.07, 6.45) is 0. The molecule has 110 valence electrons. The Bertz CT molecular complexity index is 672. The average molecular weight is 306 g/mol. The van der Waals surface area contributed by atoms with Crippen LogP contribution in [0.4, 0.5) is 5.69 Å². The third-order valence-corrected chi connectivity index (χ3v) is 3.12. The van der Waals surface area contributed by atoms with Crippen LogP contribution in [0.2, 0.25) is 5.02 Å². The molecular formula is C15H16ClN3O2. The van der Waals surface area contributed by atoms with Gasteiger partial charge in [0.1, 0.15) is 11.5 Å². The van der Waals surface area contributed by atoms with E-state index in [0.717, 1.165) is 5.69 Å². The van der Waals surface area contributed by atoms with E-state index in [2.05, 4.69) is 5.16 Å². The number of ether oxygens (including phenoxy) is 1. The van der Waals surface area contributed by atoms with Crippen LogP contribution in [-0.2, 0) is 0 Å². The first-order valence-corrected chi connectivity index (χ1v) is 6.61. The number of rotatable bonds is 4. The Morgan fingerprint density at radius 1 is 1.24 bits per heavy atom. The fourth-order valence-electron chi connectivity index (χ4n) is 1.80. The molecule has 0 unspecified atom stereocenters. The van der Waals surface area contributed by atoms with Gasteiger partial charge in [0.15, 0.2) is 5.84 Å². The highest BCUT2D eigenvalue weighted by molar-refractivity contribution is 6.30. The summed E-state index contributed by atoms with van der Waals surface area (Å²) in [6, 6.07) is 12.5. The lowest BCUT2D eigenvalue weighted by molar-refractivity contribution is 0.318. The topological polar surface area (TPSA) is 71.1 Å². The largest absolute Gasteiger partial charge is 0.456 e. The van der Waals surface area contributed by atoms with Crippen LogP contribution in [0.25, 0.3) is 0 Å². The predicted octanol–water partition coefficient (Wildman–Crippen LogP) is 3.29.